The van der Waals surface area contributed by atoms with Gasteiger partial charge >= 0.3 is 16.1 Å². The molecule has 0 aliphatic rings. The van der Waals surface area contributed by atoms with Crippen LogP contribution in [-0.2, 0) is 19.6 Å². The molecule has 6 nitrogen and oxygen atoms in total. The number of hydrogen-bond donors (Lipinski definition) is 2. The molecule has 0 saturated carbocycles. The maximum Gasteiger partial charge on any atom is 0.343 e. The van der Waals surface area contributed by atoms with Crippen molar-refractivity contribution >= 4 is 16.1 Å². The van der Waals surface area contributed by atoms with Crippen LogP contribution >= 0.6 is 0 Å². The fourth-order valence-corrected chi connectivity index (χ4v) is 0.881. The largest absolute Gasteiger partial charge is 0.444 e. The second-order valence-electron chi connectivity index (χ2n) is 2.61. The maximum absolute atomic E-state index is 11.1. The molecule has 0 aromatic rings. The number of ether oxygens (including phenoxy) is 1. The molecule has 2 N–H and O–H groups in total. The Bertz CT molecular complexity index is 319. The van der Waals surface area contributed by atoms with E-state index in [2.05, 4.69) is 11.3 Å². The molecule has 0 radical (unpaired) electrons. The Labute approximate surface area is 81.9 Å². The zero-order chi connectivity index (χ0) is 11.4. The van der Waals surface area contributed by atoms with Gasteiger partial charge in [-0.25, -0.2) is 4.79 Å². The van der Waals surface area contributed by atoms with E-state index in [9.17, 15) is 18.3 Å². The van der Waals surface area contributed by atoms with Crippen molar-refractivity contribution in [3.8, 4) is 0 Å². The molecule has 0 heterocycles. The van der Waals surface area contributed by atoms with Crippen molar-refractivity contribution in [1.82, 2.24) is 0 Å². The number of aliphatic hydroxyl groups is 1. The van der Waals surface area contributed by atoms with Crippen molar-refractivity contribution in [3.63, 3.8) is 0 Å². The number of rotatable bonds is 5. The van der Waals surface area contributed by atoms with Crippen LogP contribution in [0.4, 0.5) is 0 Å². The Balaban J connectivity index is 4.42. The normalized spacial score (nSPS) is 15.6. The molecule has 0 aliphatic carbocycles. The topological polar surface area (TPSA) is 101 Å². The summed E-state index contributed by atoms with van der Waals surface area (Å²) in [6, 6.07) is 0. The van der Waals surface area contributed by atoms with E-state index in [0.29, 0.717) is 0 Å². The standard InChI is InChI=1S/C7H12O6S/c1-3-7(9,4-2)6(8)13-5-14(10,11)12/h3,9H,1,4-5H2,2H3,(H,10,11,12). The van der Waals surface area contributed by atoms with E-state index in [1.807, 2.05) is 0 Å². The molecule has 0 aromatic carbocycles. The van der Waals surface area contributed by atoms with Gasteiger partial charge in [0.05, 0.1) is 0 Å². The quantitative estimate of drug-likeness (QED) is 0.378. The molecule has 0 bridgehead atoms. The molecule has 7 heteroatoms. The third-order valence-electron chi connectivity index (χ3n) is 1.57. The number of esters is 1. The summed E-state index contributed by atoms with van der Waals surface area (Å²) in [5, 5.41) is 9.43. The molecule has 0 amide bonds. The van der Waals surface area contributed by atoms with Crippen molar-refractivity contribution in [2.45, 2.75) is 18.9 Å². The average molecular weight is 224 g/mol. The van der Waals surface area contributed by atoms with Gasteiger partial charge in [0, 0.05) is 0 Å². The van der Waals surface area contributed by atoms with Crippen LogP contribution < -0.4 is 0 Å². The molecular weight excluding hydrogens is 212 g/mol. The lowest BCUT2D eigenvalue weighted by molar-refractivity contribution is -0.158. The molecule has 1 atom stereocenters. The summed E-state index contributed by atoms with van der Waals surface area (Å²) >= 11 is 0. The highest BCUT2D eigenvalue weighted by Crippen LogP contribution is 2.13. The summed E-state index contributed by atoms with van der Waals surface area (Å²) in [4.78, 5) is 11.1. The summed E-state index contributed by atoms with van der Waals surface area (Å²) in [7, 11) is -4.38. The monoisotopic (exact) mass is 224 g/mol. The minimum absolute atomic E-state index is 0.000803. The second kappa shape index (κ2) is 4.54. The summed E-state index contributed by atoms with van der Waals surface area (Å²) in [5.74, 6) is -2.34. The summed E-state index contributed by atoms with van der Waals surface area (Å²) in [6.45, 7) is 4.70. The average Bonchev–Trinajstić information content (AvgIpc) is 2.11. The number of hydrogen-bond acceptors (Lipinski definition) is 5. The first-order valence-electron chi connectivity index (χ1n) is 3.73. The summed E-state index contributed by atoms with van der Waals surface area (Å²) in [6.07, 6.45) is 0.945. The lowest BCUT2D eigenvalue weighted by atomic mass is 10.0. The fourth-order valence-electron chi connectivity index (χ4n) is 0.625. The van der Waals surface area contributed by atoms with Gasteiger partial charge in [0.1, 0.15) is 0 Å². The van der Waals surface area contributed by atoms with Gasteiger partial charge in [-0.15, -0.1) is 0 Å². The summed E-state index contributed by atoms with van der Waals surface area (Å²) < 4.78 is 32.8. The maximum atomic E-state index is 11.1. The van der Waals surface area contributed by atoms with E-state index in [1.54, 1.807) is 0 Å². The number of carbonyl (C=O) groups excluding carboxylic acids is 1. The van der Waals surface area contributed by atoms with Crippen molar-refractivity contribution in [2.24, 2.45) is 0 Å². The molecular formula is C7H12O6S. The zero-order valence-corrected chi connectivity index (χ0v) is 8.45. The predicted molar refractivity (Wildman–Crippen MR) is 47.9 cm³/mol. The van der Waals surface area contributed by atoms with Gasteiger partial charge < -0.3 is 9.84 Å². The molecule has 0 spiro atoms. The van der Waals surface area contributed by atoms with Crippen LogP contribution in [0.3, 0.4) is 0 Å². The highest BCUT2D eigenvalue weighted by molar-refractivity contribution is 7.85. The first kappa shape index (κ1) is 13.1. The Morgan fingerprint density at radius 3 is 2.43 bits per heavy atom. The molecule has 1 unspecified atom stereocenters. The fraction of sp³-hybridized carbons (Fsp3) is 0.571. The lowest BCUT2D eigenvalue weighted by Crippen LogP contribution is -2.38. The van der Waals surface area contributed by atoms with Crippen LogP contribution in [0.5, 0.6) is 0 Å². The molecule has 0 saturated heterocycles. The second-order valence-corrected chi connectivity index (χ2v) is 4.01. The van der Waals surface area contributed by atoms with Crippen molar-refractivity contribution in [3.05, 3.63) is 12.7 Å². The van der Waals surface area contributed by atoms with Crippen LogP contribution in [0.2, 0.25) is 0 Å². The highest BCUT2D eigenvalue weighted by Gasteiger charge is 2.32. The first-order chi connectivity index (χ1) is 6.25. The van der Waals surface area contributed by atoms with E-state index in [4.69, 9.17) is 4.55 Å². The molecule has 0 rings (SSSR count). The Morgan fingerprint density at radius 2 is 2.14 bits per heavy atom. The Kier molecular flexibility index (Phi) is 4.24. The van der Waals surface area contributed by atoms with E-state index in [0.717, 1.165) is 6.08 Å². The van der Waals surface area contributed by atoms with Gasteiger partial charge in [0.2, 0.25) is 5.94 Å². The molecule has 82 valence electrons. The first-order valence-corrected chi connectivity index (χ1v) is 5.34. The minimum Gasteiger partial charge on any atom is -0.444 e. The third-order valence-corrected chi connectivity index (χ3v) is 1.98. The van der Waals surface area contributed by atoms with E-state index >= 15 is 0 Å². The number of carbonyl (C=O) groups is 1. The molecule has 0 aromatic heterocycles. The molecule has 0 aliphatic heterocycles. The van der Waals surface area contributed by atoms with Gasteiger partial charge in [-0.05, 0) is 12.5 Å². The van der Waals surface area contributed by atoms with Crippen LogP contribution in [0, 0.1) is 0 Å². The van der Waals surface area contributed by atoms with Crippen molar-refractivity contribution in [2.75, 3.05) is 5.94 Å². The van der Waals surface area contributed by atoms with Crippen molar-refractivity contribution in [1.29, 1.82) is 0 Å². The molecule has 14 heavy (non-hydrogen) atoms. The van der Waals surface area contributed by atoms with E-state index in [1.165, 1.54) is 6.92 Å². The Morgan fingerprint density at radius 1 is 1.64 bits per heavy atom. The zero-order valence-electron chi connectivity index (χ0n) is 7.63. The lowest BCUT2D eigenvalue weighted by Gasteiger charge is -2.19. The van der Waals surface area contributed by atoms with E-state index in [-0.39, 0.29) is 6.42 Å². The smallest absolute Gasteiger partial charge is 0.343 e. The van der Waals surface area contributed by atoms with Gasteiger partial charge in [-0.3, -0.25) is 4.55 Å². The minimum atomic E-state index is -4.38. The van der Waals surface area contributed by atoms with E-state index < -0.39 is 27.6 Å². The van der Waals surface area contributed by atoms with Crippen LogP contribution in [0.15, 0.2) is 12.7 Å². The van der Waals surface area contributed by atoms with Gasteiger partial charge in [0.15, 0.2) is 5.60 Å². The highest BCUT2D eigenvalue weighted by atomic mass is 32.2. The SMILES string of the molecule is C=CC(O)(CC)C(=O)OCS(=O)(=O)O. The third kappa shape index (κ3) is 3.86. The Hall–Kier alpha value is -0.920. The van der Waals surface area contributed by atoms with Gasteiger partial charge in [-0.2, -0.15) is 8.42 Å². The predicted octanol–water partition coefficient (Wildman–Crippen LogP) is -0.298. The van der Waals surface area contributed by atoms with Crippen LogP contribution in [-0.4, -0.2) is 35.6 Å². The van der Waals surface area contributed by atoms with Crippen LogP contribution in [0.25, 0.3) is 0 Å². The van der Waals surface area contributed by atoms with Gasteiger partial charge in [-0.1, -0.05) is 13.5 Å². The van der Waals surface area contributed by atoms with Crippen molar-refractivity contribution < 1.29 is 27.6 Å². The van der Waals surface area contributed by atoms with Crippen LogP contribution in [0.1, 0.15) is 13.3 Å². The molecule has 0 fully saturated rings. The summed E-state index contributed by atoms with van der Waals surface area (Å²) in [5.41, 5.74) is -1.91. The van der Waals surface area contributed by atoms with Gasteiger partial charge in [0.25, 0.3) is 0 Å².